The number of ether oxygens (including phenoxy) is 1. The smallest absolute Gasteiger partial charge is 0.170 e. The summed E-state index contributed by atoms with van der Waals surface area (Å²) >= 11 is 0. The summed E-state index contributed by atoms with van der Waals surface area (Å²) < 4.78 is 5.77. The monoisotopic (exact) mass is 221 g/mol. The second-order valence-corrected chi connectivity index (χ2v) is 5.19. The molecule has 3 rings (SSSR count). The summed E-state index contributed by atoms with van der Waals surface area (Å²) in [5.41, 5.74) is 0.869. The zero-order valence-corrected chi connectivity index (χ0v) is 9.74. The molecule has 4 atom stereocenters. The zero-order chi connectivity index (χ0) is 11.1. The van der Waals surface area contributed by atoms with E-state index in [-0.39, 0.29) is 12.0 Å². The molecular formula is C13H19NO2. The van der Waals surface area contributed by atoms with Crippen molar-refractivity contribution in [1.29, 1.82) is 0 Å². The van der Waals surface area contributed by atoms with Gasteiger partial charge in [-0.2, -0.15) is 0 Å². The van der Waals surface area contributed by atoms with E-state index in [1.54, 1.807) is 6.26 Å². The van der Waals surface area contributed by atoms with E-state index in [0.29, 0.717) is 17.9 Å². The molecule has 16 heavy (non-hydrogen) atoms. The second kappa shape index (κ2) is 3.88. The molecule has 0 amide bonds. The van der Waals surface area contributed by atoms with Crippen LogP contribution in [-0.4, -0.2) is 24.0 Å². The highest BCUT2D eigenvalue weighted by atomic mass is 16.5. The maximum absolute atomic E-state index is 12.3. The van der Waals surface area contributed by atoms with Crippen LogP contribution in [0.2, 0.25) is 0 Å². The van der Waals surface area contributed by atoms with E-state index in [0.717, 1.165) is 31.3 Å². The fourth-order valence-electron chi connectivity index (χ4n) is 3.37. The van der Waals surface area contributed by atoms with Crippen LogP contribution >= 0.6 is 0 Å². The van der Waals surface area contributed by atoms with Crippen LogP contribution in [0.1, 0.15) is 39.0 Å². The number of allylic oxidation sites excluding steroid dienone is 1. The first-order chi connectivity index (χ1) is 7.79. The normalized spacial score (nSPS) is 42.1. The van der Waals surface area contributed by atoms with Crippen molar-refractivity contribution in [2.75, 3.05) is 0 Å². The lowest BCUT2D eigenvalue weighted by Gasteiger charge is -2.32. The lowest BCUT2D eigenvalue weighted by atomic mass is 9.81. The quantitative estimate of drug-likeness (QED) is 0.733. The average molecular weight is 221 g/mol. The number of fused-ring (bicyclic) bond motifs is 4. The Hall–Kier alpha value is -0.830. The van der Waals surface area contributed by atoms with Gasteiger partial charge in [0.2, 0.25) is 0 Å². The molecule has 0 aromatic rings. The van der Waals surface area contributed by atoms with E-state index < -0.39 is 0 Å². The third-order valence-electron chi connectivity index (χ3n) is 4.29. The molecule has 3 aliphatic heterocycles. The van der Waals surface area contributed by atoms with Gasteiger partial charge in [0.25, 0.3) is 0 Å². The molecule has 0 aromatic heterocycles. The molecular weight excluding hydrogens is 202 g/mol. The lowest BCUT2D eigenvalue weighted by molar-refractivity contribution is -0.126. The van der Waals surface area contributed by atoms with Gasteiger partial charge >= 0.3 is 0 Å². The fraction of sp³-hybridized carbons (Fsp3) is 0.769. The van der Waals surface area contributed by atoms with Crippen LogP contribution < -0.4 is 5.32 Å². The molecule has 0 aliphatic carbocycles. The maximum atomic E-state index is 12.3. The van der Waals surface area contributed by atoms with E-state index in [2.05, 4.69) is 5.32 Å². The summed E-state index contributed by atoms with van der Waals surface area (Å²) in [7, 11) is 0. The van der Waals surface area contributed by atoms with Gasteiger partial charge in [0, 0.05) is 17.7 Å². The number of hydrogen-bond donors (Lipinski definition) is 1. The Kier molecular flexibility index (Phi) is 2.51. The van der Waals surface area contributed by atoms with Crippen molar-refractivity contribution in [1.82, 2.24) is 5.32 Å². The first kappa shape index (κ1) is 10.3. The number of rotatable bonds is 1. The molecule has 88 valence electrons. The highest BCUT2D eigenvalue weighted by Crippen LogP contribution is 2.36. The van der Waals surface area contributed by atoms with E-state index in [4.69, 9.17) is 4.74 Å². The number of ketones is 1. The summed E-state index contributed by atoms with van der Waals surface area (Å²) in [5.74, 6) is 0.409. The van der Waals surface area contributed by atoms with Crippen molar-refractivity contribution in [3.8, 4) is 0 Å². The summed E-state index contributed by atoms with van der Waals surface area (Å²) in [6.45, 7) is 2.02. The van der Waals surface area contributed by atoms with Gasteiger partial charge in [0.15, 0.2) is 5.78 Å². The van der Waals surface area contributed by atoms with Gasteiger partial charge in [-0.15, -0.1) is 0 Å². The summed E-state index contributed by atoms with van der Waals surface area (Å²) in [5, 5.41) is 3.60. The molecule has 0 spiro atoms. The number of carbonyl (C=O) groups is 1. The van der Waals surface area contributed by atoms with Crippen LogP contribution in [0.5, 0.6) is 0 Å². The van der Waals surface area contributed by atoms with Crippen LogP contribution in [0.4, 0.5) is 0 Å². The molecule has 2 fully saturated rings. The van der Waals surface area contributed by atoms with Crippen molar-refractivity contribution >= 4 is 5.78 Å². The van der Waals surface area contributed by atoms with E-state index in [1.165, 1.54) is 6.42 Å². The first-order valence-corrected chi connectivity index (χ1v) is 6.44. The van der Waals surface area contributed by atoms with Crippen LogP contribution in [0.15, 0.2) is 11.8 Å². The molecule has 3 aliphatic rings. The Morgan fingerprint density at radius 2 is 2.19 bits per heavy atom. The van der Waals surface area contributed by atoms with E-state index >= 15 is 0 Å². The molecule has 3 heterocycles. The van der Waals surface area contributed by atoms with Gasteiger partial charge in [-0.25, -0.2) is 0 Å². The predicted octanol–water partition coefficient (Wildman–Crippen LogP) is 1.78. The van der Waals surface area contributed by atoms with E-state index in [9.17, 15) is 4.79 Å². The molecule has 0 aromatic carbocycles. The molecule has 0 saturated carbocycles. The average Bonchev–Trinajstić information content (AvgIpc) is 2.65. The maximum Gasteiger partial charge on any atom is 0.170 e. The van der Waals surface area contributed by atoms with Gasteiger partial charge in [-0.1, -0.05) is 6.92 Å². The second-order valence-electron chi connectivity index (χ2n) is 5.19. The third kappa shape index (κ3) is 1.49. The molecule has 0 radical (unpaired) electrons. The molecule has 0 unspecified atom stereocenters. The zero-order valence-electron chi connectivity index (χ0n) is 9.74. The molecule has 2 bridgehead atoms. The standard InChI is InChI=1S/C13H19NO2/c1-2-8-7-16-11-6-4-9-3-5-10(14-9)12(11)13(8)15/h7,9-12,14H,2-6H2,1H3/t9-,10+,11+,12+/m0/s1. The highest BCUT2D eigenvalue weighted by molar-refractivity contribution is 5.98. The highest BCUT2D eigenvalue weighted by Gasteiger charge is 2.45. The predicted molar refractivity (Wildman–Crippen MR) is 60.9 cm³/mol. The molecule has 3 nitrogen and oxygen atoms in total. The lowest BCUT2D eigenvalue weighted by Crippen LogP contribution is -2.45. The van der Waals surface area contributed by atoms with Gasteiger partial charge in [-0.3, -0.25) is 4.79 Å². The fourth-order valence-corrected chi connectivity index (χ4v) is 3.37. The molecule has 3 heteroatoms. The SMILES string of the molecule is CCC1=CO[C@@H]2CC[C@@H]3CC[C@@H](N3)[C@H]2C1=O. The largest absolute Gasteiger partial charge is 0.497 e. The van der Waals surface area contributed by atoms with Gasteiger partial charge in [0.05, 0.1) is 12.2 Å². The van der Waals surface area contributed by atoms with Gasteiger partial charge in [-0.05, 0) is 32.1 Å². The Balaban J connectivity index is 1.89. The van der Waals surface area contributed by atoms with Crippen LogP contribution in [0, 0.1) is 5.92 Å². The Morgan fingerprint density at radius 1 is 1.38 bits per heavy atom. The van der Waals surface area contributed by atoms with Crippen molar-refractivity contribution in [2.45, 2.75) is 57.2 Å². The van der Waals surface area contributed by atoms with Crippen molar-refractivity contribution in [2.24, 2.45) is 5.92 Å². The minimum Gasteiger partial charge on any atom is -0.497 e. The van der Waals surface area contributed by atoms with Crippen LogP contribution in [-0.2, 0) is 9.53 Å². The number of nitrogens with one attached hydrogen (secondary N) is 1. The summed E-state index contributed by atoms with van der Waals surface area (Å²) in [6.07, 6.45) is 7.18. The van der Waals surface area contributed by atoms with Gasteiger partial charge in [0.1, 0.15) is 6.10 Å². The minimum absolute atomic E-state index is 0.0763. The Morgan fingerprint density at radius 3 is 3.00 bits per heavy atom. The van der Waals surface area contributed by atoms with Crippen molar-refractivity contribution in [3.05, 3.63) is 11.8 Å². The molecule has 1 N–H and O–H groups in total. The molecule has 2 saturated heterocycles. The summed E-state index contributed by atoms with van der Waals surface area (Å²) in [4.78, 5) is 12.3. The first-order valence-electron chi connectivity index (χ1n) is 6.44. The number of carbonyl (C=O) groups excluding carboxylic acids is 1. The number of Topliss-reactive ketones (excluding diaryl/α,β-unsaturated/α-hetero) is 1. The topological polar surface area (TPSA) is 38.3 Å². The van der Waals surface area contributed by atoms with Crippen molar-refractivity contribution in [3.63, 3.8) is 0 Å². The van der Waals surface area contributed by atoms with Crippen LogP contribution in [0.3, 0.4) is 0 Å². The Labute approximate surface area is 96.2 Å². The summed E-state index contributed by atoms with van der Waals surface area (Å²) in [6, 6.07) is 0.984. The van der Waals surface area contributed by atoms with Gasteiger partial charge < -0.3 is 10.1 Å². The van der Waals surface area contributed by atoms with Crippen LogP contribution in [0.25, 0.3) is 0 Å². The third-order valence-corrected chi connectivity index (χ3v) is 4.29. The van der Waals surface area contributed by atoms with E-state index in [1.807, 2.05) is 6.92 Å². The van der Waals surface area contributed by atoms with Crippen molar-refractivity contribution < 1.29 is 9.53 Å². The minimum atomic E-state index is 0.0763. The number of hydrogen-bond acceptors (Lipinski definition) is 3. The Bertz CT molecular complexity index is 337.